The Hall–Kier alpha value is -2.11. The Balaban J connectivity index is 1.58. The van der Waals surface area contributed by atoms with E-state index in [2.05, 4.69) is 22.2 Å². The Kier molecular flexibility index (Phi) is 5.33. The van der Waals surface area contributed by atoms with E-state index in [-0.39, 0.29) is 12.0 Å². The maximum atomic E-state index is 12.2. The largest absolute Gasteiger partial charge is 0.490 e. The summed E-state index contributed by atoms with van der Waals surface area (Å²) in [6, 6.07) is 9.01. The number of piperidine rings is 1. The van der Waals surface area contributed by atoms with Gasteiger partial charge >= 0.3 is 0 Å². The molecule has 5 nitrogen and oxygen atoms in total. The molecule has 1 aliphatic rings. The van der Waals surface area contributed by atoms with Crippen LogP contribution in [0.5, 0.6) is 5.75 Å². The zero-order chi connectivity index (χ0) is 16.9. The Morgan fingerprint density at radius 1 is 1.25 bits per heavy atom. The fourth-order valence-corrected chi connectivity index (χ4v) is 2.87. The molecular formula is C18H20ClN3O2. The van der Waals surface area contributed by atoms with Crippen LogP contribution in [0.15, 0.2) is 42.7 Å². The molecule has 2 aromatic rings. The van der Waals surface area contributed by atoms with Crippen molar-refractivity contribution in [2.45, 2.75) is 18.9 Å². The van der Waals surface area contributed by atoms with Gasteiger partial charge in [-0.05, 0) is 50.2 Å². The van der Waals surface area contributed by atoms with Gasteiger partial charge in [-0.3, -0.25) is 9.78 Å². The summed E-state index contributed by atoms with van der Waals surface area (Å²) in [4.78, 5) is 18.4. The van der Waals surface area contributed by atoms with Crippen molar-refractivity contribution in [3.63, 3.8) is 0 Å². The minimum atomic E-state index is -0.258. The zero-order valence-electron chi connectivity index (χ0n) is 13.5. The number of carbonyl (C=O) groups excluding carboxylic acids is 1. The third kappa shape index (κ3) is 4.24. The average molecular weight is 346 g/mol. The number of benzene rings is 1. The number of carbonyl (C=O) groups is 1. The van der Waals surface area contributed by atoms with Gasteiger partial charge in [-0.2, -0.15) is 0 Å². The van der Waals surface area contributed by atoms with Crippen LogP contribution < -0.4 is 10.1 Å². The van der Waals surface area contributed by atoms with Gasteiger partial charge in [-0.25, -0.2) is 0 Å². The van der Waals surface area contributed by atoms with Crippen LogP contribution >= 0.6 is 11.6 Å². The van der Waals surface area contributed by atoms with Crippen molar-refractivity contribution in [3.8, 4) is 5.75 Å². The first-order chi connectivity index (χ1) is 11.6. The van der Waals surface area contributed by atoms with Crippen LogP contribution in [0.25, 0.3) is 0 Å². The molecule has 1 saturated heterocycles. The van der Waals surface area contributed by atoms with Gasteiger partial charge in [-0.15, -0.1) is 0 Å². The van der Waals surface area contributed by atoms with E-state index in [1.807, 2.05) is 24.3 Å². The topological polar surface area (TPSA) is 54.5 Å². The van der Waals surface area contributed by atoms with E-state index in [1.54, 1.807) is 12.3 Å². The summed E-state index contributed by atoms with van der Waals surface area (Å²) in [7, 11) is 2.13. The number of halogens is 1. The first kappa shape index (κ1) is 16.7. The molecular weight excluding hydrogens is 326 g/mol. The first-order valence-electron chi connectivity index (χ1n) is 7.98. The van der Waals surface area contributed by atoms with Crippen LogP contribution in [0.3, 0.4) is 0 Å². The van der Waals surface area contributed by atoms with E-state index in [4.69, 9.17) is 16.3 Å². The van der Waals surface area contributed by atoms with Crippen molar-refractivity contribution in [2.24, 2.45) is 0 Å². The molecule has 1 amide bonds. The monoisotopic (exact) mass is 345 g/mol. The number of amides is 1. The van der Waals surface area contributed by atoms with Crippen LogP contribution in [-0.4, -0.2) is 42.0 Å². The number of anilines is 1. The average Bonchev–Trinajstić information content (AvgIpc) is 2.59. The van der Waals surface area contributed by atoms with E-state index in [0.29, 0.717) is 16.3 Å². The molecule has 0 radical (unpaired) electrons. The Labute approximate surface area is 146 Å². The summed E-state index contributed by atoms with van der Waals surface area (Å²) in [5.74, 6) is 0.566. The summed E-state index contributed by atoms with van der Waals surface area (Å²) in [5, 5.41) is 3.15. The maximum Gasteiger partial charge on any atom is 0.257 e. The van der Waals surface area contributed by atoms with Crippen molar-refractivity contribution in [2.75, 3.05) is 25.5 Å². The van der Waals surface area contributed by atoms with Crippen molar-refractivity contribution >= 4 is 23.2 Å². The predicted molar refractivity (Wildman–Crippen MR) is 94.8 cm³/mol. The van der Waals surface area contributed by atoms with Crippen LogP contribution in [0.1, 0.15) is 23.2 Å². The Morgan fingerprint density at radius 2 is 1.96 bits per heavy atom. The summed E-state index contributed by atoms with van der Waals surface area (Å²) >= 11 is 5.98. The summed E-state index contributed by atoms with van der Waals surface area (Å²) < 4.78 is 6.00. The number of nitrogens with zero attached hydrogens (tertiary/aromatic N) is 2. The van der Waals surface area contributed by atoms with Gasteiger partial charge in [0, 0.05) is 31.2 Å². The second-order valence-corrected chi connectivity index (χ2v) is 6.36. The second kappa shape index (κ2) is 7.64. The van der Waals surface area contributed by atoms with Crippen molar-refractivity contribution in [3.05, 3.63) is 53.3 Å². The van der Waals surface area contributed by atoms with Crippen LogP contribution in [0, 0.1) is 0 Å². The highest BCUT2D eigenvalue weighted by Crippen LogP contribution is 2.22. The number of pyridine rings is 1. The number of hydrogen-bond acceptors (Lipinski definition) is 4. The molecule has 0 atom stereocenters. The number of rotatable bonds is 4. The van der Waals surface area contributed by atoms with E-state index in [0.717, 1.165) is 31.7 Å². The zero-order valence-corrected chi connectivity index (χ0v) is 14.3. The lowest BCUT2D eigenvalue weighted by Crippen LogP contribution is -2.35. The van der Waals surface area contributed by atoms with Gasteiger partial charge in [0.2, 0.25) is 0 Å². The molecule has 0 bridgehead atoms. The Bertz CT molecular complexity index is 698. The molecule has 1 aromatic heterocycles. The number of ether oxygens (including phenoxy) is 1. The number of likely N-dealkylation sites (tertiary alicyclic amines) is 1. The molecule has 126 valence electrons. The van der Waals surface area contributed by atoms with Gasteiger partial charge in [0.25, 0.3) is 5.91 Å². The van der Waals surface area contributed by atoms with Crippen molar-refractivity contribution in [1.29, 1.82) is 0 Å². The number of hydrogen-bond donors (Lipinski definition) is 1. The highest BCUT2D eigenvalue weighted by molar-refractivity contribution is 6.34. The second-order valence-electron chi connectivity index (χ2n) is 5.95. The van der Waals surface area contributed by atoms with Gasteiger partial charge in [0.05, 0.1) is 10.6 Å². The molecule has 24 heavy (non-hydrogen) atoms. The molecule has 0 unspecified atom stereocenters. The number of aromatic nitrogens is 1. The fourth-order valence-electron chi connectivity index (χ4n) is 2.67. The van der Waals surface area contributed by atoms with Crippen LogP contribution in [0.2, 0.25) is 5.02 Å². The fraction of sp³-hybridized carbons (Fsp3) is 0.333. The van der Waals surface area contributed by atoms with E-state index >= 15 is 0 Å². The van der Waals surface area contributed by atoms with E-state index in [9.17, 15) is 4.79 Å². The Morgan fingerprint density at radius 3 is 2.62 bits per heavy atom. The van der Waals surface area contributed by atoms with Crippen LogP contribution in [0.4, 0.5) is 5.69 Å². The van der Waals surface area contributed by atoms with Gasteiger partial charge in [0.1, 0.15) is 11.9 Å². The number of nitrogens with one attached hydrogen (secondary N) is 1. The molecule has 0 saturated carbocycles. The minimum Gasteiger partial charge on any atom is -0.490 e. The quantitative estimate of drug-likeness (QED) is 0.922. The smallest absolute Gasteiger partial charge is 0.257 e. The van der Waals surface area contributed by atoms with Crippen molar-refractivity contribution in [1.82, 2.24) is 9.88 Å². The van der Waals surface area contributed by atoms with Crippen molar-refractivity contribution < 1.29 is 9.53 Å². The molecule has 1 aromatic carbocycles. The van der Waals surface area contributed by atoms with Crippen LogP contribution in [-0.2, 0) is 0 Å². The molecule has 6 heteroatoms. The maximum absolute atomic E-state index is 12.2. The summed E-state index contributed by atoms with van der Waals surface area (Å²) in [6.45, 7) is 2.12. The third-order valence-electron chi connectivity index (χ3n) is 4.10. The highest BCUT2D eigenvalue weighted by Gasteiger charge is 2.18. The summed E-state index contributed by atoms with van der Waals surface area (Å²) in [5.41, 5.74) is 1.10. The van der Waals surface area contributed by atoms with E-state index < -0.39 is 0 Å². The van der Waals surface area contributed by atoms with Gasteiger partial charge in [0.15, 0.2) is 0 Å². The lowest BCUT2D eigenvalue weighted by Gasteiger charge is -2.29. The standard InChI is InChI=1S/C18H20ClN3O2/c1-22-10-7-15(8-11-22)24-14-4-2-13(3-5-14)21-18(23)16-6-9-20-12-17(16)19/h2-6,9,12,15H,7-8,10-11H2,1H3,(H,21,23). The first-order valence-corrected chi connectivity index (χ1v) is 8.36. The molecule has 0 aliphatic carbocycles. The predicted octanol–water partition coefficient (Wildman–Crippen LogP) is 3.46. The molecule has 1 aliphatic heterocycles. The highest BCUT2D eigenvalue weighted by atomic mass is 35.5. The SMILES string of the molecule is CN1CCC(Oc2ccc(NC(=O)c3ccncc3Cl)cc2)CC1. The molecule has 1 fully saturated rings. The van der Waals surface area contributed by atoms with E-state index in [1.165, 1.54) is 6.20 Å². The minimum absolute atomic E-state index is 0.258. The van der Waals surface area contributed by atoms with Gasteiger partial charge in [-0.1, -0.05) is 11.6 Å². The summed E-state index contributed by atoms with van der Waals surface area (Å²) in [6.07, 6.45) is 5.33. The molecule has 1 N–H and O–H groups in total. The molecule has 3 rings (SSSR count). The molecule has 2 heterocycles. The lowest BCUT2D eigenvalue weighted by atomic mass is 10.1. The normalized spacial score (nSPS) is 15.9. The third-order valence-corrected chi connectivity index (χ3v) is 4.40. The van der Waals surface area contributed by atoms with Gasteiger partial charge < -0.3 is 15.0 Å². The lowest BCUT2D eigenvalue weighted by molar-refractivity contribution is 0.102. The molecule has 0 spiro atoms.